The Kier molecular flexibility index (Phi) is 5.71. The summed E-state index contributed by atoms with van der Waals surface area (Å²) >= 11 is 5.92. The van der Waals surface area contributed by atoms with Gasteiger partial charge in [-0.3, -0.25) is 0 Å². The van der Waals surface area contributed by atoms with Gasteiger partial charge in [0.15, 0.2) is 0 Å². The molecule has 0 bridgehead atoms. The Bertz CT molecular complexity index is 1310. The van der Waals surface area contributed by atoms with Crippen LogP contribution in [0.2, 0.25) is 5.02 Å². The molecule has 8 heteroatoms. The molecule has 0 aliphatic heterocycles. The van der Waals surface area contributed by atoms with Crippen LogP contribution in [0.5, 0.6) is 5.75 Å². The summed E-state index contributed by atoms with van der Waals surface area (Å²) in [5.74, 6) is 0.821. The molecule has 0 unspecified atom stereocenters. The van der Waals surface area contributed by atoms with Gasteiger partial charge in [0.2, 0.25) is 26.6 Å². The Morgan fingerprint density at radius 1 is 1.00 bits per heavy atom. The molecule has 0 aliphatic carbocycles. The van der Waals surface area contributed by atoms with Gasteiger partial charge in [0.25, 0.3) is 0 Å². The average molecular weight is 455 g/mol. The predicted octanol–water partition coefficient (Wildman–Crippen LogP) is 5.89. The zero-order valence-electron chi connectivity index (χ0n) is 16.8. The zero-order valence-corrected chi connectivity index (χ0v) is 18.4. The van der Waals surface area contributed by atoms with E-state index in [2.05, 4.69) is 10.3 Å². The number of hydrogen-bond acceptors (Lipinski definition) is 6. The fourth-order valence-corrected chi connectivity index (χ4v) is 4.33. The summed E-state index contributed by atoms with van der Waals surface area (Å²) in [6, 6.07) is 20.5. The first-order chi connectivity index (χ1) is 14.9. The van der Waals surface area contributed by atoms with Crippen LogP contribution in [0.25, 0.3) is 11.5 Å². The molecular weight excluding hydrogens is 436 g/mol. The van der Waals surface area contributed by atoms with Crippen LogP contribution in [0.4, 0.5) is 11.6 Å². The van der Waals surface area contributed by atoms with E-state index in [4.69, 9.17) is 20.8 Å². The summed E-state index contributed by atoms with van der Waals surface area (Å²) in [4.78, 5) is 4.40. The third-order valence-corrected chi connectivity index (χ3v) is 6.53. The highest BCUT2D eigenvalue weighted by Crippen LogP contribution is 2.35. The van der Waals surface area contributed by atoms with Gasteiger partial charge < -0.3 is 14.5 Å². The van der Waals surface area contributed by atoms with Gasteiger partial charge in [0, 0.05) is 22.3 Å². The van der Waals surface area contributed by atoms with Crippen molar-refractivity contribution in [1.29, 1.82) is 0 Å². The Morgan fingerprint density at radius 2 is 1.71 bits per heavy atom. The molecule has 0 saturated carbocycles. The molecule has 6 nitrogen and oxygen atoms in total. The number of halogens is 1. The fourth-order valence-electron chi connectivity index (χ4n) is 2.94. The van der Waals surface area contributed by atoms with E-state index in [1.54, 1.807) is 31.4 Å². The minimum Gasteiger partial charge on any atom is -0.497 e. The summed E-state index contributed by atoms with van der Waals surface area (Å²) < 4.78 is 37.8. The number of oxazole rings is 1. The van der Waals surface area contributed by atoms with E-state index < -0.39 is 9.84 Å². The van der Waals surface area contributed by atoms with Crippen LogP contribution in [-0.4, -0.2) is 20.5 Å². The van der Waals surface area contributed by atoms with Crippen LogP contribution in [0.1, 0.15) is 5.56 Å². The van der Waals surface area contributed by atoms with Crippen molar-refractivity contribution < 1.29 is 17.6 Å². The van der Waals surface area contributed by atoms with Gasteiger partial charge in [-0.15, -0.1) is 0 Å². The maximum Gasteiger partial charge on any atom is 0.238 e. The Labute approximate surface area is 185 Å². The average Bonchev–Trinajstić information content (AvgIpc) is 3.19. The van der Waals surface area contributed by atoms with Crippen molar-refractivity contribution >= 4 is 33.0 Å². The summed E-state index contributed by atoms with van der Waals surface area (Å²) in [6.45, 7) is 1.96. The van der Waals surface area contributed by atoms with E-state index in [-0.39, 0.29) is 21.7 Å². The molecular formula is C23H19ClN2O4S. The fraction of sp³-hybridized carbons (Fsp3) is 0.0870. The van der Waals surface area contributed by atoms with E-state index in [1.165, 1.54) is 24.3 Å². The molecule has 1 heterocycles. The zero-order chi connectivity index (χ0) is 22.0. The van der Waals surface area contributed by atoms with Crippen LogP contribution < -0.4 is 10.1 Å². The van der Waals surface area contributed by atoms with Crippen LogP contribution in [-0.2, 0) is 9.84 Å². The van der Waals surface area contributed by atoms with E-state index in [0.29, 0.717) is 22.0 Å². The number of hydrogen-bond donors (Lipinski definition) is 1. The molecule has 4 aromatic rings. The van der Waals surface area contributed by atoms with E-state index >= 15 is 0 Å². The van der Waals surface area contributed by atoms with E-state index in [9.17, 15) is 8.42 Å². The molecule has 0 fully saturated rings. The molecule has 3 aromatic carbocycles. The van der Waals surface area contributed by atoms with Gasteiger partial charge >= 0.3 is 0 Å². The van der Waals surface area contributed by atoms with Crippen molar-refractivity contribution in [2.45, 2.75) is 16.8 Å². The highest BCUT2D eigenvalue weighted by molar-refractivity contribution is 7.91. The van der Waals surface area contributed by atoms with Gasteiger partial charge in [0.1, 0.15) is 5.75 Å². The van der Waals surface area contributed by atoms with Gasteiger partial charge in [-0.25, -0.2) is 8.42 Å². The summed E-state index contributed by atoms with van der Waals surface area (Å²) in [7, 11) is -2.42. The van der Waals surface area contributed by atoms with E-state index in [1.807, 2.05) is 31.2 Å². The van der Waals surface area contributed by atoms with Crippen molar-refractivity contribution in [3.8, 4) is 17.2 Å². The topological polar surface area (TPSA) is 81.4 Å². The van der Waals surface area contributed by atoms with Crippen LogP contribution in [0.3, 0.4) is 0 Å². The number of benzene rings is 3. The first-order valence-corrected chi connectivity index (χ1v) is 11.2. The summed E-state index contributed by atoms with van der Waals surface area (Å²) in [5.41, 5.74) is 2.33. The largest absolute Gasteiger partial charge is 0.497 e. The number of ether oxygens (including phenoxy) is 1. The lowest BCUT2D eigenvalue weighted by Gasteiger charge is -2.07. The minimum absolute atomic E-state index is 0.0128. The molecule has 0 amide bonds. The molecule has 1 N–H and O–H groups in total. The third-order valence-electron chi connectivity index (χ3n) is 4.60. The maximum absolute atomic E-state index is 13.3. The van der Waals surface area contributed by atoms with Gasteiger partial charge in [-0.2, -0.15) is 4.98 Å². The van der Waals surface area contributed by atoms with Crippen molar-refractivity contribution in [2.24, 2.45) is 0 Å². The standard InChI is InChI=1S/C23H19ClN2O4S/c1-15-6-8-16(9-7-15)21-26-23(31(27,28)20-12-10-17(24)11-13-20)22(30-21)25-18-4-3-5-19(14-18)29-2/h3-14,25H,1-2H3. The molecule has 0 spiro atoms. The first-order valence-electron chi connectivity index (χ1n) is 9.36. The normalized spacial score (nSPS) is 11.3. The number of aromatic nitrogens is 1. The van der Waals surface area contributed by atoms with Crippen molar-refractivity contribution in [1.82, 2.24) is 4.98 Å². The van der Waals surface area contributed by atoms with Crippen molar-refractivity contribution in [3.63, 3.8) is 0 Å². The number of methoxy groups -OCH3 is 1. The monoisotopic (exact) mass is 454 g/mol. The molecule has 0 aliphatic rings. The number of anilines is 2. The second-order valence-corrected chi connectivity index (χ2v) is 9.14. The molecule has 1 aromatic heterocycles. The van der Waals surface area contributed by atoms with Crippen LogP contribution in [0.15, 0.2) is 87.1 Å². The third kappa shape index (κ3) is 4.42. The minimum atomic E-state index is -3.97. The highest BCUT2D eigenvalue weighted by atomic mass is 35.5. The Balaban J connectivity index is 1.83. The molecule has 4 rings (SSSR count). The van der Waals surface area contributed by atoms with E-state index in [0.717, 1.165) is 5.56 Å². The second-order valence-electron chi connectivity index (χ2n) is 6.83. The second kappa shape index (κ2) is 8.45. The van der Waals surface area contributed by atoms with Crippen molar-refractivity contribution in [2.75, 3.05) is 12.4 Å². The predicted molar refractivity (Wildman–Crippen MR) is 120 cm³/mol. The molecule has 158 valence electrons. The summed E-state index contributed by atoms with van der Waals surface area (Å²) in [5, 5.41) is 3.25. The SMILES string of the molecule is COc1cccc(Nc2oc(-c3ccc(C)cc3)nc2S(=O)(=O)c2ccc(Cl)cc2)c1. The lowest BCUT2D eigenvalue weighted by atomic mass is 10.1. The summed E-state index contributed by atoms with van der Waals surface area (Å²) in [6.07, 6.45) is 0. The molecule has 0 atom stereocenters. The molecule has 31 heavy (non-hydrogen) atoms. The van der Waals surface area contributed by atoms with Gasteiger partial charge in [0.05, 0.1) is 12.0 Å². The first kappa shape index (κ1) is 21.0. The maximum atomic E-state index is 13.3. The number of rotatable bonds is 6. The van der Waals surface area contributed by atoms with Crippen molar-refractivity contribution in [3.05, 3.63) is 83.4 Å². The number of aryl methyl sites for hydroxylation is 1. The Morgan fingerprint density at radius 3 is 2.39 bits per heavy atom. The van der Waals surface area contributed by atoms with Crippen LogP contribution in [0, 0.1) is 6.92 Å². The van der Waals surface area contributed by atoms with Gasteiger partial charge in [-0.05, 0) is 55.5 Å². The van der Waals surface area contributed by atoms with Crippen LogP contribution >= 0.6 is 11.6 Å². The lowest BCUT2D eigenvalue weighted by molar-refractivity contribution is 0.415. The number of nitrogens with zero attached hydrogens (tertiary/aromatic N) is 1. The quantitative estimate of drug-likeness (QED) is 0.391. The number of sulfone groups is 1. The lowest BCUT2D eigenvalue weighted by Crippen LogP contribution is -2.05. The smallest absolute Gasteiger partial charge is 0.238 e. The highest BCUT2D eigenvalue weighted by Gasteiger charge is 2.29. The molecule has 0 radical (unpaired) electrons. The molecule has 0 saturated heterocycles. The van der Waals surface area contributed by atoms with Gasteiger partial charge in [-0.1, -0.05) is 35.4 Å². The Hall–Kier alpha value is -3.29. The number of nitrogens with one attached hydrogen (secondary N) is 1.